The first-order chi connectivity index (χ1) is 12.5. The molecule has 6 nitrogen and oxygen atoms in total. The fraction of sp³-hybridized carbons (Fsp3) is 0.500. The predicted octanol–water partition coefficient (Wildman–Crippen LogP) is 2.92. The van der Waals surface area contributed by atoms with Crippen LogP contribution in [0.1, 0.15) is 30.4 Å². The van der Waals surface area contributed by atoms with E-state index in [0.29, 0.717) is 26.1 Å². The Bertz CT molecular complexity index is 859. The molecule has 0 radical (unpaired) electrons. The molecule has 2 aliphatic rings. The number of carbonyl (C=O) groups excluding carboxylic acids is 1. The Morgan fingerprint density at radius 2 is 2.27 bits per heavy atom. The summed E-state index contributed by atoms with van der Waals surface area (Å²) < 4.78 is 0. The molecule has 1 aliphatic heterocycles. The third kappa shape index (κ3) is 2.73. The molecule has 1 aromatic heterocycles. The van der Waals surface area contributed by atoms with E-state index in [2.05, 4.69) is 35.4 Å². The van der Waals surface area contributed by atoms with Gasteiger partial charge in [0, 0.05) is 36.7 Å². The van der Waals surface area contributed by atoms with Crippen molar-refractivity contribution in [1.29, 1.82) is 0 Å². The van der Waals surface area contributed by atoms with Crippen molar-refractivity contribution in [2.24, 2.45) is 11.3 Å². The second kappa shape index (κ2) is 6.34. The summed E-state index contributed by atoms with van der Waals surface area (Å²) in [4.78, 5) is 29.2. The molecule has 0 bridgehead atoms. The standard InChI is InChI=1S/C20H25N3O3/c1-13-4-5-16-14(10-22-17(16)9-13)6-8-21-19(26)23-11-15-3-2-7-20(15,12-23)18(24)25/h4-5,9-10,15,22H,2-3,6-8,11-12H2,1H3,(H,21,26)(H,24,25). The van der Waals surface area contributed by atoms with E-state index in [1.165, 1.54) is 16.5 Å². The van der Waals surface area contributed by atoms with Crippen LogP contribution < -0.4 is 5.32 Å². The van der Waals surface area contributed by atoms with Gasteiger partial charge >= 0.3 is 12.0 Å². The van der Waals surface area contributed by atoms with Gasteiger partial charge in [0.25, 0.3) is 0 Å². The quantitative estimate of drug-likeness (QED) is 0.788. The van der Waals surface area contributed by atoms with Crippen molar-refractivity contribution < 1.29 is 14.7 Å². The van der Waals surface area contributed by atoms with Crippen LogP contribution in [0, 0.1) is 18.3 Å². The van der Waals surface area contributed by atoms with E-state index in [-0.39, 0.29) is 11.9 Å². The third-order valence-electron chi connectivity index (χ3n) is 6.18. The molecule has 2 amide bonds. The van der Waals surface area contributed by atoms with E-state index >= 15 is 0 Å². The fourth-order valence-corrected chi connectivity index (χ4v) is 4.72. The number of carbonyl (C=O) groups is 2. The molecule has 2 atom stereocenters. The molecule has 26 heavy (non-hydrogen) atoms. The van der Waals surface area contributed by atoms with E-state index in [1.807, 2.05) is 6.20 Å². The monoisotopic (exact) mass is 355 g/mol. The maximum atomic E-state index is 12.5. The molecule has 138 valence electrons. The molecule has 0 spiro atoms. The lowest BCUT2D eigenvalue weighted by Crippen LogP contribution is -2.42. The van der Waals surface area contributed by atoms with Gasteiger partial charge in [0.2, 0.25) is 0 Å². The average molecular weight is 355 g/mol. The molecule has 6 heteroatoms. The van der Waals surface area contributed by atoms with Crippen LogP contribution in [0.5, 0.6) is 0 Å². The first-order valence-corrected chi connectivity index (χ1v) is 9.32. The van der Waals surface area contributed by atoms with E-state index in [4.69, 9.17) is 0 Å². The molecule has 4 rings (SSSR count). The number of hydrogen-bond acceptors (Lipinski definition) is 2. The minimum atomic E-state index is -0.746. The molecule has 2 heterocycles. The van der Waals surface area contributed by atoms with Crippen molar-refractivity contribution in [3.05, 3.63) is 35.5 Å². The third-order valence-corrected chi connectivity index (χ3v) is 6.18. The number of carboxylic acid groups (broad SMARTS) is 1. The molecule has 3 N–H and O–H groups in total. The van der Waals surface area contributed by atoms with Crippen molar-refractivity contribution in [2.45, 2.75) is 32.6 Å². The Hall–Kier alpha value is -2.50. The molecular weight excluding hydrogens is 330 g/mol. The summed E-state index contributed by atoms with van der Waals surface area (Å²) in [5, 5.41) is 13.8. The topological polar surface area (TPSA) is 85.4 Å². The molecule has 2 unspecified atom stereocenters. The highest BCUT2D eigenvalue weighted by molar-refractivity contribution is 5.84. The summed E-state index contributed by atoms with van der Waals surface area (Å²) in [6, 6.07) is 6.17. The summed E-state index contributed by atoms with van der Waals surface area (Å²) >= 11 is 0. The van der Waals surface area contributed by atoms with Crippen LogP contribution in [-0.2, 0) is 11.2 Å². The van der Waals surface area contributed by atoms with Gasteiger partial charge in [-0.3, -0.25) is 4.79 Å². The number of amides is 2. The largest absolute Gasteiger partial charge is 0.481 e. The molecule has 1 saturated heterocycles. The Labute approximate surface area is 152 Å². The minimum Gasteiger partial charge on any atom is -0.481 e. The number of aryl methyl sites for hydroxylation is 1. The Morgan fingerprint density at radius 1 is 1.42 bits per heavy atom. The lowest BCUT2D eigenvalue weighted by Gasteiger charge is -2.23. The number of urea groups is 1. The van der Waals surface area contributed by atoms with Gasteiger partial charge in [-0.05, 0) is 49.3 Å². The summed E-state index contributed by atoms with van der Waals surface area (Å²) in [5.41, 5.74) is 2.79. The number of H-pyrrole nitrogens is 1. The molecule has 2 fully saturated rings. The van der Waals surface area contributed by atoms with Crippen LogP contribution in [0.2, 0.25) is 0 Å². The van der Waals surface area contributed by atoms with E-state index in [1.54, 1.807) is 4.90 Å². The first kappa shape index (κ1) is 16.9. The number of rotatable bonds is 4. The number of nitrogens with one attached hydrogen (secondary N) is 2. The van der Waals surface area contributed by atoms with Crippen molar-refractivity contribution in [1.82, 2.24) is 15.2 Å². The van der Waals surface area contributed by atoms with Gasteiger partial charge in [-0.1, -0.05) is 18.6 Å². The number of benzene rings is 1. The smallest absolute Gasteiger partial charge is 0.317 e. The highest BCUT2D eigenvalue weighted by atomic mass is 16.4. The summed E-state index contributed by atoms with van der Waals surface area (Å²) in [6.45, 7) is 3.51. The van der Waals surface area contributed by atoms with Crippen LogP contribution in [0.3, 0.4) is 0 Å². The molecule has 1 saturated carbocycles. The van der Waals surface area contributed by atoms with Crippen LogP contribution in [0.25, 0.3) is 10.9 Å². The van der Waals surface area contributed by atoms with Gasteiger partial charge in [0.1, 0.15) is 0 Å². The van der Waals surface area contributed by atoms with Gasteiger partial charge in [-0.25, -0.2) is 4.79 Å². The lowest BCUT2D eigenvalue weighted by atomic mass is 9.81. The SMILES string of the molecule is Cc1ccc2c(CCNC(=O)N3CC4CCCC4(C(=O)O)C3)c[nH]c2c1. The summed E-state index contributed by atoms with van der Waals surface area (Å²) in [5.74, 6) is -0.646. The number of nitrogens with zero attached hydrogens (tertiary/aromatic N) is 1. The zero-order valence-corrected chi connectivity index (χ0v) is 15.0. The Morgan fingerprint density at radius 3 is 3.04 bits per heavy atom. The number of carboxylic acids is 1. The molecular formula is C20H25N3O3. The van der Waals surface area contributed by atoms with Crippen LogP contribution in [-0.4, -0.2) is 46.6 Å². The average Bonchev–Trinajstić information content (AvgIpc) is 3.26. The number of aliphatic carboxylic acids is 1. The fourth-order valence-electron chi connectivity index (χ4n) is 4.72. The maximum absolute atomic E-state index is 12.5. The maximum Gasteiger partial charge on any atom is 0.317 e. The second-order valence-electron chi connectivity index (χ2n) is 7.78. The zero-order chi connectivity index (χ0) is 18.3. The van der Waals surface area contributed by atoms with Crippen LogP contribution in [0.15, 0.2) is 24.4 Å². The van der Waals surface area contributed by atoms with Crippen molar-refractivity contribution in [2.75, 3.05) is 19.6 Å². The predicted molar refractivity (Wildman–Crippen MR) is 99.1 cm³/mol. The highest BCUT2D eigenvalue weighted by Crippen LogP contribution is 2.48. The van der Waals surface area contributed by atoms with E-state index in [9.17, 15) is 14.7 Å². The zero-order valence-electron chi connectivity index (χ0n) is 15.0. The van der Waals surface area contributed by atoms with Crippen molar-refractivity contribution >= 4 is 22.9 Å². The molecule has 2 aromatic rings. The molecule has 1 aliphatic carbocycles. The minimum absolute atomic E-state index is 0.0996. The lowest BCUT2D eigenvalue weighted by molar-refractivity contribution is -0.149. The summed E-state index contributed by atoms with van der Waals surface area (Å²) in [6.07, 6.45) is 5.29. The van der Waals surface area contributed by atoms with Gasteiger partial charge in [0.05, 0.1) is 5.41 Å². The second-order valence-corrected chi connectivity index (χ2v) is 7.78. The number of aromatic nitrogens is 1. The van der Waals surface area contributed by atoms with Crippen LogP contribution >= 0.6 is 0 Å². The summed E-state index contributed by atoms with van der Waals surface area (Å²) in [7, 11) is 0. The first-order valence-electron chi connectivity index (χ1n) is 9.32. The normalized spacial score (nSPS) is 24.8. The number of likely N-dealkylation sites (tertiary alicyclic amines) is 1. The number of hydrogen-bond donors (Lipinski definition) is 3. The van der Waals surface area contributed by atoms with E-state index in [0.717, 1.165) is 24.8 Å². The van der Waals surface area contributed by atoms with Gasteiger partial charge < -0.3 is 20.3 Å². The van der Waals surface area contributed by atoms with Gasteiger partial charge in [0.15, 0.2) is 0 Å². The van der Waals surface area contributed by atoms with Crippen LogP contribution in [0.4, 0.5) is 4.79 Å². The number of aromatic amines is 1. The number of fused-ring (bicyclic) bond motifs is 2. The van der Waals surface area contributed by atoms with Crippen molar-refractivity contribution in [3.8, 4) is 0 Å². The van der Waals surface area contributed by atoms with Gasteiger partial charge in [-0.15, -0.1) is 0 Å². The molecule has 1 aromatic carbocycles. The Kier molecular flexibility index (Phi) is 4.13. The Balaban J connectivity index is 1.35. The van der Waals surface area contributed by atoms with Crippen molar-refractivity contribution in [3.63, 3.8) is 0 Å². The van der Waals surface area contributed by atoms with Gasteiger partial charge in [-0.2, -0.15) is 0 Å². The van der Waals surface area contributed by atoms with E-state index < -0.39 is 11.4 Å². The highest BCUT2D eigenvalue weighted by Gasteiger charge is 2.55.